The molecular weight excluding hydrogens is 326 g/mol. The third-order valence-corrected chi connectivity index (χ3v) is 6.61. The Hall–Kier alpha value is -1.88. The normalized spacial score (nSPS) is 30.4. The second-order valence-corrected chi connectivity index (χ2v) is 8.19. The van der Waals surface area contributed by atoms with Gasteiger partial charge in [0.25, 0.3) is 0 Å². The quantitative estimate of drug-likeness (QED) is 0.873. The lowest BCUT2D eigenvalue weighted by Crippen LogP contribution is -2.50. The topological polar surface area (TPSA) is 75.4 Å². The zero-order chi connectivity index (χ0) is 18.1. The van der Waals surface area contributed by atoms with Crippen molar-refractivity contribution in [2.24, 2.45) is 23.5 Å². The van der Waals surface area contributed by atoms with Crippen LogP contribution in [0.25, 0.3) is 0 Å². The number of carbonyl (C=O) groups excluding carboxylic acids is 2. The fourth-order valence-electron chi connectivity index (χ4n) is 5.20. The maximum absolute atomic E-state index is 12.7. The molecule has 3 aliphatic rings. The highest BCUT2D eigenvalue weighted by Crippen LogP contribution is 2.41. The van der Waals surface area contributed by atoms with Gasteiger partial charge < -0.3 is 16.0 Å². The molecule has 2 unspecified atom stereocenters. The van der Waals surface area contributed by atoms with Gasteiger partial charge >= 0.3 is 0 Å². The summed E-state index contributed by atoms with van der Waals surface area (Å²) in [4.78, 5) is 27.2. The molecule has 2 aliphatic carbocycles. The van der Waals surface area contributed by atoms with Crippen molar-refractivity contribution in [2.75, 3.05) is 18.0 Å². The molecule has 140 valence electrons. The lowest BCUT2D eigenvalue weighted by atomic mass is 9.65. The molecule has 2 bridgehead atoms. The van der Waals surface area contributed by atoms with Crippen LogP contribution in [-0.4, -0.2) is 30.9 Å². The van der Waals surface area contributed by atoms with E-state index in [0.717, 1.165) is 50.8 Å². The van der Waals surface area contributed by atoms with Crippen molar-refractivity contribution < 1.29 is 9.59 Å². The Bertz CT molecular complexity index is 676. The van der Waals surface area contributed by atoms with Gasteiger partial charge in [-0.15, -0.1) is 0 Å². The van der Waals surface area contributed by atoms with E-state index in [1.54, 1.807) is 0 Å². The van der Waals surface area contributed by atoms with Gasteiger partial charge in [0.15, 0.2) is 0 Å². The molecule has 0 aromatic heterocycles. The van der Waals surface area contributed by atoms with E-state index in [0.29, 0.717) is 11.8 Å². The van der Waals surface area contributed by atoms with Gasteiger partial charge in [-0.25, -0.2) is 0 Å². The van der Waals surface area contributed by atoms with Crippen LogP contribution < -0.4 is 16.0 Å². The summed E-state index contributed by atoms with van der Waals surface area (Å²) in [7, 11) is 0. The molecule has 0 saturated heterocycles. The van der Waals surface area contributed by atoms with E-state index in [-0.39, 0.29) is 30.3 Å². The largest absolute Gasteiger partial charge is 0.347 e. The average Bonchev–Trinajstić information content (AvgIpc) is 2.65. The molecule has 3 N–H and O–H groups in total. The number of benzene rings is 1. The van der Waals surface area contributed by atoms with Gasteiger partial charge in [-0.2, -0.15) is 0 Å². The van der Waals surface area contributed by atoms with Gasteiger partial charge in [-0.1, -0.05) is 24.6 Å². The molecule has 5 heteroatoms. The number of anilines is 1. The van der Waals surface area contributed by atoms with Crippen LogP contribution in [0.15, 0.2) is 24.3 Å². The summed E-state index contributed by atoms with van der Waals surface area (Å²) in [6.45, 7) is 0.819. The second kappa shape index (κ2) is 7.39. The number of hydrogen-bond donors (Lipinski definition) is 2. The van der Waals surface area contributed by atoms with Crippen LogP contribution in [0.2, 0.25) is 0 Å². The first kappa shape index (κ1) is 17.5. The van der Waals surface area contributed by atoms with Gasteiger partial charge in [-0.3, -0.25) is 9.59 Å². The number of amides is 2. The fourth-order valence-corrected chi connectivity index (χ4v) is 5.20. The summed E-state index contributed by atoms with van der Waals surface area (Å²) in [5.41, 5.74) is 8.53. The van der Waals surface area contributed by atoms with Crippen LogP contribution in [0.3, 0.4) is 0 Å². The van der Waals surface area contributed by atoms with E-state index >= 15 is 0 Å². The third kappa shape index (κ3) is 3.37. The molecule has 1 aliphatic heterocycles. The van der Waals surface area contributed by atoms with Crippen LogP contribution in [-0.2, 0) is 16.0 Å². The lowest BCUT2D eigenvalue weighted by Gasteiger charge is -2.43. The van der Waals surface area contributed by atoms with E-state index in [1.165, 1.54) is 12.0 Å². The van der Waals surface area contributed by atoms with E-state index in [2.05, 4.69) is 11.4 Å². The molecule has 2 atom stereocenters. The minimum absolute atomic E-state index is 0.0156. The Kier molecular flexibility index (Phi) is 4.98. The fraction of sp³-hybridized carbons (Fsp3) is 0.619. The Morgan fingerprint density at radius 1 is 1.12 bits per heavy atom. The van der Waals surface area contributed by atoms with Gasteiger partial charge in [-0.05, 0) is 62.0 Å². The predicted octanol–water partition coefficient (Wildman–Crippen LogP) is 2.24. The summed E-state index contributed by atoms with van der Waals surface area (Å²) < 4.78 is 0. The van der Waals surface area contributed by atoms with E-state index in [1.807, 2.05) is 23.1 Å². The summed E-state index contributed by atoms with van der Waals surface area (Å²) in [6.07, 6.45) is 7.27. The minimum Gasteiger partial charge on any atom is -0.347 e. The van der Waals surface area contributed by atoms with Crippen LogP contribution in [0.5, 0.6) is 0 Å². The highest BCUT2D eigenvalue weighted by Gasteiger charge is 2.40. The van der Waals surface area contributed by atoms with Crippen molar-refractivity contribution in [1.29, 1.82) is 0 Å². The first-order valence-electron chi connectivity index (χ1n) is 10.0. The molecular formula is C21H29N3O2. The average molecular weight is 355 g/mol. The Morgan fingerprint density at radius 2 is 1.85 bits per heavy atom. The molecule has 0 spiro atoms. The number of aryl methyl sites for hydroxylation is 1. The minimum atomic E-state index is -0.0156. The molecule has 1 aromatic carbocycles. The number of nitrogens with one attached hydrogen (secondary N) is 1. The summed E-state index contributed by atoms with van der Waals surface area (Å²) >= 11 is 0. The monoisotopic (exact) mass is 355 g/mol. The van der Waals surface area contributed by atoms with Crippen molar-refractivity contribution >= 4 is 17.5 Å². The molecule has 4 rings (SSSR count). The lowest BCUT2D eigenvalue weighted by molar-refractivity contribution is -0.130. The van der Waals surface area contributed by atoms with Crippen molar-refractivity contribution in [2.45, 2.75) is 51.0 Å². The SMILES string of the molecule is NC1C2CCCC1CC(C(=O)NCC(=O)N1CCCc3ccccc31)C2. The molecule has 1 aromatic rings. The molecule has 5 nitrogen and oxygen atoms in total. The van der Waals surface area contributed by atoms with Gasteiger partial charge in [0.05, 0.1) is 6.54 Å². The van der Waals surface area contributed by atoms with Crippen molar-refractivity contribution in [3.63, 3.8) is 0 Å². The van der Waals surface area contributed by atoms with Crippen molar-refractivity contribution in [1.82, 2.24) is 5.32 Å². The number of hydrogen-bond acceptors (Lipinski definition) is 3. The molecule has 2 saturated carbocycles. The first-order chi connectivity index (χ1) is 12.6. The van der Waals surface area contributed by atoms with Gasteiger partial charge in [0, 0.05) is 24.2 Å². The van der Waals surface area contributed by atoms with Crippen molar-refractivity contribution in [3.05, 3.63) is 29.8 Å². The zero-order valence-electron chi connectivity index (χ0n) is 15.3. The Morgan fingerprint density at radius 3 is 2.62 bits per heavy atom. The maximum atomic E-state index is 12.7. The maximum Gasteiger partial charge on any atom is 0.246 e. The van der Waals surface area contributed by atoms with Crippen LogP contribution in [0.4, 0.5) is 5.69 Å². The first-order valence-corrected chi connectivity index (χ1v) is 10.0. The molecule has 2 fully saturated rings. The van der Waals surface area contributed by atoms with E-state index < -0.39 is 0 Å². The third-order valence-electron chi connectivity index (χ3n) is 6.61. The van der Waals surface area contributed by atoms with Gasteiger partial charge in [0.1, 0.15) is 0 Å². The summed E-state index contributed by atoms with van der Waals surface area (Å²) in [5, 5.41) is 2.91. The number of para-hydroxylation sites is 1. The number of fused-ring (bicyclic) bond motifs is 3. The van der Waals surface area contributed by atoms with Crippen molar-refractivity contribution in [3.8, 4) is 0 Å². The summed E-state index contributed by atoms with van der Waals surface area (Å²) in [5.74, 6) is 0.989. The smallest absolute Gasteiger partial charge is 0.246 e. The number of nitrogens with zero attached hydrogens (tertiary/aromatic N) is 1. The number of rotatable bonds is 3. The number of nitrogens with two attached hydrogens (primary N) is 1. The molecule has 0 radical (unpaired) electrons. The highest BCUT2D eigenvalue weighted by molar-refractivity contribution is 5.97. The molecule has 26 heavy (non-hydrogen) atoms. The van der Waals surface area contributed by atoms with E-state index in [4.69, 9.17) is 5.73 Å². The standard InChI is InChI=1S/C21H29N3O2/c22-20-15-6-3-7-16(20)12-17(11-15)21(26)23-13-19(25)24-10-4-8-14-5-1-2-9-18(14)24/h1-2,5,9,15-17,20H,3-4,6-8,10-13,22H2,(H,23,26). The van der Waals surface area contributed by atoms with Crippen LogP contribution >= 0.6 is 0 Å². The molecule has 1 heterocycles. The summed E-state index contributed by atoms with van der Waals surface area (Å²) in [6, 6.07) is 8.32. The Balaban J connectivity index is 1.34. The molecule has 2 amide bonds. The zero-order valence-corrected chi connectivity index (χ0v) is 15.3. The predicted molar refractivity (Wildman–Crippen MR) is 102 cm³/mol. The van der Waals surface area contributed by atoms with E-state index in [9.17, 15) is 9.59 Å². The Labute approximate surface area is 155 Å². The van der Waals surface area contributed by atoms with Crippen LogP contribution in [0.1, 0.15) is 44.1 Å². The highest BCUT2D eigenvalue weighted by atomic mass is 16.2. The number of carbonyl (C=O) groups is 2. The van der Waals surface area contributed by atoms with Gasteiger partial charge in [0.2, 0.25) is 11.8 Å². The van der Waals surface area contributed by atoms with Crippen LogP contribution in [0, 0.1) is 17.8 Å². The second-order valence-electron chi connectivity index (χ2n) is 8.19.